The molecular weight excluding hydrogens is 148 g/mol. The van der Waals surface area contributed by atoms with Crippen molar-refractivity contribution in [1.82, 2.24) is 0 Å². The van der Waals surface area contributed by atoms with E-state index in [4.69, 9.17) is 11.5 Å². The van der Waals surface area contributed by atoms with Crippen LogP contribution in [0.5, 0.6) is 0 Å². The summed E-state index contributed by atoms with van der Waals surface area (Å²) in [5, 5.41) is 0. The zero-order valence-electron chi connectivity index (χ0n) is 3.79. The van der Waals surface area contributed by atoms with Gasteiger partial charge in [0.2, 0.25) is 0 Å². The second-order valence-corrected chi connectivity index (χ2v) is 0.539. The Balaban J connectivity index is -0.0000000150. The van der Waals surface area contributed by atoms with Crippen LogP contribution in [0.1, 0.15) is 0 Å². The monoisotopic (exact) mass is 158 g/mol. The molecule has 5 heteroatoms. The molecule has 0 aliphatic heterocycles. The number of hydrogen-bond donors (Lipinski definition) is 1. The molecular formula is C2H11CuN2O2. The molecule has 0 radical (unpaired) electrons. The minimum atomic E-state index is 0. The minimum Gasteiger partial charge on any atom is -0.676 e. The summed E-state index contributed by atoms with van der Waals surface area (Å²) < 4.78 is 0. The molecule has 0 aromatic rings. The summed E-state index contributed by atoms with van der Waals surface area (Å²) in [6.07, 6.45) is 0. The van der Waals surface area contributed by atoms with Gasteiger partial charge >= 0.3 is 17.1 Å². The van der Waals surface area contributed by atoms with Gasteiger partial charge in [0.05, 0.1) is 0 Å². The van der Waals surface area contributed by atoms with Crippen molar-refractivity contribution in [3.8, 4) is 0 Å². The Labute approximate surface area is 53.3 Å². The van der Waals surface area contributed by atoms with Crippen molar-refractivity contribution in [2.24, 2.45) is 5.73 Å². The maximum Gasteiger partial charge on any atom is 1.00 e. The molecule has 0 rings (SSSR count). The molecule has 0 aromatic carbocycles. The van der Waals surface area contributed by atoms with Crippen molar-refractivity contribution in [2.45, 2.75) is 0 Å². The fourth-order valence-corrected chi connectivity index (χ4v) is 0. The zero-order chi connectivity index (χ0) is 3.41. The third-order valence-corrected chi connectivity index (χ3v) is 0.144. The first-order valence-electron chi connectivity index (χ1n) is 1.26. The summed E-state index contributed by atoms with van der Waals surface area (Å²) in [6, 6.07) is 0. The number of rotatable bonds is 1. The van der Waals surface area contributed by atoms with Crippen LogP contribution in [-0.4, -0.2) is 24.0 Å². The Morgan fingerprint density at radius 3 is 1.43 bits per heavy atom. The van der Waals surface area contributed by atoms with Crippen molar-refractivity contribution in [3.63, 3.8) is 0 Å². The predicted molar refractivity (Wildman–Crippen MR) is 25.5 cm³/mol. The van der Waals surface area contributed by atoms with Gasteiger partial charge in [-0.05, 0) is 6.54 Å². The van der Waals surface area contributed by atoms with Crippen LogP contribution < -0.4 is 5.73 Å². The van der Waals surface area contributed by atoms with Crippen LogP contribution in [0.25, 0.3) is 5.73 Å². The van der Waals surface area contributed by atoms with Gasteiger partial charge in [-0.1, -0.05) is 0 Å². The first-order valence-corrected chi connectivity index (χ1v) is 1.26. The topological polar surface area (TPSA) is 113 Å². The van der Waals surface area contributed by atoms with Crippen LogP contribution in [0, 0.1) is 0 Å². The van der Waals surface area contributed by atoms with Crippen LogP contribution in [-0.2, 0) is 17.1 Å². The van der Waals surface area contributed by atoms with E-state index in [2.05, 4.69) is 0 Å². The molecule has 0 atom stereocenters. The average Bonchev–Trinajstić information content (AvgIpc) is 1.37. The van der Waals surface area contributed by atoms with Crippen molar-refractivity contribution in [1.29, 1.82) is 0 Å². The Morgan fingerprint density at radius 1 is 1.29 bits per heavy atom. The molecule has 0 unspecified atom stereocenters. The van der Waals surface area contributed by atoms with Crippen molar-refractivity contribution >= 4 is 0 Å². The number of nitrogens with one attached hydrogen (secondary N) is 1. The van der Waals surface area contributed by atoms with Gasteiger partial charge < -0.3 is 22.4 Å². The van der Waals surface area contributed by atoms with E-state index < -0.39 is 0 Å². The Hall–Kier alpha value is 0.359. The second kappa shape index (κ2) is 32.8. The smallest absolute Gasteiger partial charge is 0.676 e. The third kappa shape index (κ3) is 65.4. The van der Waals surface area contributed by atoms with Crippen LogP contribution >= 0.6 is 0 Å². The van der Waals surface area contributed by atoms with E-state index in [1.807, 2.05) is 0 Å². The predicted octanol–water partition coefficient (Wildman–Crippen LogP) is -1.65. The summed E-state index contributed by atoms with van der Waals surface area (Å²) in [5.41, 5.74) is 11.2. The van der Waals surface area contributed by atoms with Crippen LogP contribution in [0.15, 0.2) is 0 Å². The average molecular weight is 159 g/mol. The quantitative estimate of drug-likeness (QED) is 0.453. The van der Waals surface area contributed by atoms with Gasteiger partial charge in [0.15, 0.2) is 0 Å². The van der Waals surface area contributed by atoms with E-state index in [1.54, 1.807) is 0 Å². The number of nitrogens with two attached hydrogens (primary N) is 1. The van der Waals surface area contributed by atoms with Gasteiger partial charge in [0.1, 0.15) is 0 Å². The molecule has 7 heavy (non-hydrogen) atoms. The molecule has 0 spiro atoms. The molecule has 0 saturated heterocycles. The molecule has 7 N–H and O–H groups in total. The van der Waals surface area contributed by atoms with Crippen LogP contribution in [0.4, 0.5) is 0 Å². The molecule has 0 fully saturated rings. The van der Waals surface area contributed by atoms with E-state index in [1.165, 1.54) is 0 Å². The van der Waals surface area contributed by atoms with Crippen molar-refractivity contribution < 1.29 is 28.0 Å². The molecule has 0 bridgehead atoms. The van der Waals surface area contributed by atoms with E-state index in [-0.39, 0.29) is 28.0 Å². The molecule has 52 valence electrons. The van der Waals surface area contributed by atoms with Gasteiger partial charge in [0.25, 0.3) is 0 Å². The van der Waals surface area contributed by atoms with E-state index in [9.17, 15) is 0 Å². The molecule has 4 nitrogen and oxygen atoms in total. The number of hydrogen-bond acceptors (Lipinski definition) is 1. The molecule has 0 heterocycles. The van der Waals surface area contributed by atoms with E-state index >= 15 is 0 Å². The Kier molecular flexibility index (Phi) is 124. The summed E-state index contributed by atoms with van der Waals surface area (Å²) in [7, 11) is 0. The van der Waals surface area contributed by atoms with Crippen LogP contribution in [0.2, 0.25) is 0 Å². The Bertz CT molecular complexity index is 15.7. The third-order valence-electron chi connectivity index (χ3n) is 0.144. The maximum atomic E-state index is 6.33. The van der Waals surface area contributed by atoms with Gasteiger partial charge in [-0.3, -0.25) is 0 Å². The standard InChI is InChI=1S/C2H7N2.Cu.2H2O/c3-1-2-4;;;/h3H,1-2,4H2;;2*1H2/q-1;+1;;. The molecule has 0 aliphatic carbocycles. The Morgan fingerprint density at radius 2 is 1.43 bits per heavy atom. The summed E-state index contributed by atoms with van der Waals surface area (Å²) in [4.78, 5) is 0. The van der Waals surface area contributed by atoms with E-state index in [0.717, 1.165) is 0 Å². The first kappa shape index (κ1) is 26.4. The summed E-state index contributed by atoms with van der Waals surface area (Å²) in [5.74, 6) is 0. The summed E-state index contributed by atoms with van der Waals surface area (Å²) in [6.45, 7) is 0.833. The van der Waals surface area contributed by atoms with Gasteiger partial charge in [0, 0.05) is 0 Å². The molecule has 0 saturated carbocycles. The molecule has 0 aliphatic rings. The minimum absolute atomic E-state index is 0. The van der Waals surface area contributed by atoms with Gasteiger partial charge in [-0.25, -0.2) is 0 Å². The van der Waals surface area contributed by atoms with Crippen molar-refractivity contribution in [2.75, 3.05) is 13.1 Å². The first-order chi connectivity index (χ1) is 1.91. The SMILES string of the molecule is O.O.[Cu+].[NH-]CCN. The fourth-order valence-electron chi connectivity index (χ4n) is 0. The normalized spacial score (nSPS) is 4.29. The van der Waals surface area contributed by atoms with E-state index in [0.29, 0.717) is 13.1 Å². The van der Waals surface area contributed by atoms with Gasteiger partial charge in [-0.2, -0.15) is 0 Å². The molecule has 0 aromatic heterocycles. The van der Waals surface area contributed by atoms with Gasteiger partial charge in [-0.15, -0.1) is 6.54 Å². The fraction of sp³-hybridized carbons (Fsp3) is 1.00. The second-order valence-electron chi connectivity index (χ2n) is 0.539. The molecule has 0 amide bonds. The maximum absolute atomic E-state index is 6.33. The van der Waals surface area contributed by atoms with Crippen LogP contribution in [0.3, 0.4) is 0 Å². The largest absolute Gasteiger partial charge is 1.00 e. The van der Waals surface area contributed by atoms with Crippen molar-refractivity contribution in [3.05, 3.63) is 5.73 Å². The zero-order valence-corrected chi connectivity index (χ0v) is 4.73. The summed E-state index contributed by atoms with van der Waals surface area (Å²) >= 11 is 0.